The van der Waals surface area contributed by atoms with Crippen LogP contribution in [0, 0.1) is 0 Å². The Morgan fingerprint density at radius 3 is 1.50 bits per heavy atom. The van der Waals surface area contributed by atoms with E-state index in [4.69, 9.17) is 14.2 Å². The summed E-state index contributed by atoms with van der Waals surface area (Å²) in [5.74, 6) is 1.90. The monoisotopic (exact) mass is 728 g/mol. The maximum absolute atomic E-state index is 12.2. The van der Waals surface area contributed by atoms with Crippen LogP contribution in [0.25, 0.3) is 27.9 Å². The third-order valence-corrected chi connectivity index (χ3v) is 10.3. The topological polar surface area (TPSA) is 114 Å². The summed E-state index contributed by atoms with van der Waals surface area (Å²) in [5, 5.41) is 23.1. The molecule has 0 radical (unpaired) electrons. The first-order chi connectivity index (χ1) is 26.4. The van der Waals surface area contributed by atoms with Crippen LogP contribution in [0.1, 0.15) is 0 Å². The predicted octanol–water partition coefficient (Wildman–Crippen LogP) is 8.97. The largest absolute Gasteiger partial charge is 0.491 e. The normalized spacial score (nSPS) is 13.0. The third-order valence-electron chi connectivity index (χ3n) is 9.07. The van der Waals surface area contributed by atoms with E-state index in [-0.39, 0.29) is 35.1 Å². The van der Waals surface area contributed by atoms with E-state index in [1.807, 2.05) is 54.6 Å². The van der Waals surface area contributed by atoms with E-state index in [0.29, 0.717) is 43.0 Å². The Kier molecular flexibility index (Phi) is 8.18. The van der Waals surface area contributed by atoms with E-state index in [1.165, 1.54) is 27.3 Å². The molecule has 2 aliphatic rings. The molecule has 9 rings (SSSR count). The molecule has 10 heteroatoms. The smallest absolute Gasteiger partial charge is 0.258 e. The number of carbonyl (C=O) groups is 2. The average molecular weight is 729 g/mol. The van der Waals surface area contributed by atoms with Gasteiger partial charge in [0.05, 0.1) is 11.4 Å². The van der Waals surface area contributed by atoms with Gasteiger partial charge in [-0.3, -0.25) is 9.59 Å². The molecule has 3 heterocycles. The minimum absolute atomic E-state index is 0.150. The van der Waals surface area contributed by atoms with E-state index in [2.05, 4.69) is 48.5 Å². The molecular weight excluding hydrogens is 699 g/mol. The van der Waals surface area contributed by atoms with Crippen molar-refractivity contribution in [1.82, 2.24) is 4.57 Å². The number of benzene rings is 6. The van der Waals surface area contributed by atoms with E-state index < -0.39 is 0 Å². The van der Waals surface area contributed by atoms with Gasteiger partial charge in [0.2, 0.25) is 23.3 Å². The van der Waals surface area contributed by atoms with Gasteiger partial charge in [-0.05, 0) is 58.1 Å². The molecular formula is C44H29N2O7P. The first kappa shape index (κ1) is 32.8. The zero-order valence-corrected chi connectivity index (χ0v) is 29.3. The second-order valence-corrected chi connectivity index (χ2v) is 14.0. The van der Waals surface area contributed by atoms with Gasteiger partial charge in [0, 0.05) is 35.4 Å². The molecule has 0 spiro atoms. The van der Waals surface area contributed by atoms with Crippen molar-refractivity contribution in [2.45, 2.75) is 0 Å². The minimum atomic E-state index is -0.378. The molecule has 0 aliphatic carbocycles. The summed E-state index contributed by atoms with van der Waals surface area (Å²) in [6, 6.07) is 46.5. The van der Waals surface area contributed by atoms with Gasteiger partial charge in [0.15, 0.2) is 0 Å². The molecule has 1 atom stereocenters. The van der Waals surface area contributed by atoms with Crippen molar-refractivity contribution in [1.29, 1.82) is 0 Å². The predicted molar refractivity (Wildman–Crippen MR) is 209 cm³/mol. The van der Waals surface area contributed by atoms with Crippen molar-refractivity contribution in [3.05, 3.63) is 158 Å². The molecule has 0 bridgehead atoms. The van der Waals surface area contributed by atoms with Crippen LogP contribution in [0.15, 0.2) is 158 Å². The van der Waals surface area contributed by atoms with E-state index >= 15 is 0 Å². The number of rotatable bonds is 10. The summed E-state index contributed by atoms with van der Waals surface area (Å²) in [4.78, 5) is 25.5. The summed E-state index contributed by atoms with van der Waals surface area (Å²) >= 11 is 0. The van der Waals surface area contributed by atoms with Crippen molar-refractivity contribution in [3.8, 4) is 74.2 Å². The van der Waals surface area contributed by atoms with Gasteiger partial charge in [-0.1, -0.05) is 106 Å². The van der Waals surface area contributed by atoms with Crippen molar-refractivity contribution < 1.29 is 34.0 Å². The van der Waals surface area contributed by atoms with Gasteiger partial charge < -0.3 is 24.4 Å². The van der Waals surface area contributed by atoms with Crippen LogP contribution in [0.5, 0.6) is 46.3 Å². The number of para-hydroxylation sites is 2. The van der Waals surface area contributed by atoms with Crippen LogP contribution >= 0.6 is 8.58 Å². The lowest BCUT2D eigenvalue weighted by Crippen LogP contribution is -2.29. The fourth-order valence-electron chi connectivity index (χ4n) is 6.42. The van der Waals surface area contributed by atoms with Crippen molar-refractivity contribution >= 4 is 36.7 Å². The van der Waals surface area contributed by atoms with Gasteiger partial charge in [-0.25, -0.2) is 9.47 Å². The van der Waals surface area contributed by atoms with Gasteiger partial charge in [0.25, 0.3) is 11.8 Å². The van der Waals surface area contributed by atoms with E-state index in [0.717, 1.165) is 27.2 Å². The Labute approximate surface area is 311 Å². The van der Waals surface area contributed by atoms with Crippen LogP contribution in [0.2, 0.25) is 0 Å². The maximum atomic E-state index is 12.2. The zero-order valence-electron chi connectivity index (χ0n) is 28.3. The third kappa shape index (κ3) is 6.23. The molecule has 2 aliphatic heterocycles. The number of nitrogens with zero attached hydrogens (tertiary/aromatic N) is 2. The number of fused-ring (bicyclic) bond motifs is 1. The van der Waals surface area contributed by atoms with Crippen molar-refractivity contribution in [2.75, 3.05) is 4.90 Å². The molecule has 0 saturated carbocycles. The first-order valence-electron chi connectivity index (χ1n) is 17.0. The Hall–Kier alpha value is -7.09. The second-order valence-electron chi connectivity index (χ2n) is 12.6. The van der Waals surface area contributed by atoms with Crippen LogP contribution in [-0.2, 0) is 9.59 Å². The maximum Gasteiger partial charge on any atom is 0.258 e. The lowest BCUT2D eigenvalue weighted by Gasteiger charge is -2.16. The Morgan fingerprint density at radius 1 is 0.519 bits per heavy atom. The van der Waals surface area contributed by atoms with Crippen molar-refractivity contribution in [2.24, 2.45) is 0 Å². The quantitative estimate of drug-likeness (QED) is 0.0821. The Bertz CT molecular complexity index is 2590. The fraction of sp³-hybridized carbons (Fsp3) is 0. The SMILES string of the molecule is O=C1C=CC(=O)N1c1cccc(Oc2ccccc2-c2ccc(Pc3ccc(-c4ccccc4Oc4cccc(-n5c(O)c6c(c5O)O6)c4)cc3)cc2)c1. The Balaban J connectivity index is 0.886. The number of hydrogen-bond acceptors (Lipinski definition) is 7. The molecule has 0 saturated heterocycles. The van der Waals surface area contributed by atoms with Gasteiger partial charge in [-0.2, -0.15) is 0 Å². The molecule has 7 aromatic rings. The molecule has 54 heavy (non-hydrogen) atoms. The molecule has 2 N–H and O–H groups in total. The number of aromatic nitrogens is 1. The van der Waals surface area contributed by atoms with Crippen LogP contribution in [0.3, 0.4) is 0 Å². The van der Waals surface area contributed by atoms with E-state index in [9.17, 15) is 19.8 Å². The molecule has 262 valence electrons. The number of amides is 2. The Morgan fingerprint density at radius 2 is 0.981 bits per heavy atom. The van der Waals surface area contributed by atoms with Crippen molar-refractivity contribution in [3.63, 3.8) is 0 Å². The first-order valence-corrected chi connectivity index (χ1v) is 18.0. The highest BCUT2D eigenvalue weighted by Crippen LogP contribution is 2.61. The lowest BCUT2D eigenvalue weighted by molar-refractivity contribution is -0.119. The zero-order chi connectivity index (χ0) is 36.8. The minimum Gasteiger partial charge on any atom is -0.491 e. The van der Waals surface area contributed by atoms with Gasteiger partial charge in [-0.15, -0.1) is 0 Å². The summed E-state index contributed by atoms with van der Waals surface area (Å²) in [5.41, 5.74) is 4.84. The summed E-state index contributed by atoms with van der Waals surface area (Å²) in [7, 11) is 0.440. The molecule has 1 aromatic heterocycles. The fourth-order valence-corrected chi connectivity index (χ4v) is 7.42. The summed E-state index contributed by atoms with van der Waals surface area (Å²) in [6.07, 6.45) is 2.52. The number of ether oxygens (including phenoxy) is 3. The van der Waals surface area contributed by atoms with Crippen LogP contribution in [0.4, 0.5) is 5.69 Å². The van der Waals surface area contributed by atoms with Gasteiger partial charge >= 0.3 is 0 Å². The number of carbonyl (C=O) groups excluding carboxylic acids is 2. The highest BCUT2D eigenvalue weighted by Gasteiger charge is 2.38. The van der Waals surface area contributed by atoms with Crippen LogP contribution in [-0.4, -0.2) is 26.6 Å². The second kappa shape index (κ2) is 13.5. The highest BCUT2D eigenvalue weighted by atomic mass is 31.1. The molecule has 2 amide bonds. The van der Waals surface area contributed by atoms with E-state index in [1.54, 1.807) is 42.5 Å². The number of anilines is 1. The molecule has 1 unspecified atom stereocenters. The van der Waals surface area contributed by atoms with Gasteiger partial charge in [0.1, 0.15) is 23.0 Å². The molecule has 9 nitrogen and oxygen atoms in total. The summed E-state index contributed by atoms with van der Waals surface area (Å²) < 4.78 is 19.0. The highest BCUT2D eigenvalue weighted by molar-refractivity contribution is 7.55. The summed E-state index contributed by atoms with van der Waals surface area (Å²) in [6.45, 7) is 0. The number of aromatic hydroxyl groups is 2. The standard InChI is InChI=1S/C44H29N2O7P/c47-39-23-24-40(48)45(39)29-7-5-9-31(25-29)51-37-13-3-1-11-35(37)27-15-19-33(20-16-27)54-34-21-17-28(18-22-34)36-12-2-4-14-38(36)52-32-10-6-8-30(26-32)46-43(49)41-42(53-41)44(46)50/h1-26,49-50,54H. The average Bonchev–Trinajstić information content (AvgIpc) is 3.87. The number of hydrogen-bond donors (Lipinski definition) is 2. The van der Waals surface area contributed by atoms with Crippen LogP contribution < -0.4 is 29.7 Å². The molecule has 6 aromatic carbocycles. The number of imide groups is 1. The molecule has 0 fully saturated rings. The lowest BCUT2D eigenvalue weighted by atomic mass is 10.0.